The van der Waals surface area contributed by atoms with Gasteiger partial charge in [0.05, 0.1) is 12.2 Å². The zero-order valence-electron chi connectivity index (χ0n) is 11.7. The first-order valence-corrected chi connectivity index (χ1v) is 7.34. The van der Waals surface area contributed by atoms with Gasteiger partial charge in [0.25, 0.3) is 0 Å². The lowest BCUT2D eigenvalue weighted by Crippen LogP contribution is -2.16. The molecule has 1 aromatic carbocycles. The van der Waals surface area contributed by atoms with Crippen molar-refractivity contribution >= 4 is 11.6 Å². The summed E-state index contributed by atoms with van der Waals surface area (Å²) in [6.45, 7) is 4.49. The number of ether oxygens (including phenoxy) is 1. The quantitative estimate of drug-likeness (QED) is 0.660. The first-order chi connectivity index (χ1) is 9.22. The maximum Gasteiger partial charge on any atom is 0.134 e. The topological polar surface area (TPSA) is 33.0 Å². The molecule has 0 saturated carbocycles. The molecule has 2 atom stereocenters. The van der Waals surface area contributed by atoms with Crippen LogP contribution in [0.3, 0.4) is 0 Å². The van der Waals surface area contributed by atoms with E-state index in [1.165, 1.54) is 12.8 Å². The standard InChI is InChI=1S/C16H22ClNO/c1-3-5-7-13(4-2)16(19-11-10-18)14-8-6-9-15(17)12-14/h6,8-9,12-13,16H,3-5,7,11H2,1-2H3/t13-,16+/m0/s1. The summed E-state index contributed by atoms with van der Waals surface area (Å²) in [5.74, 6) is 0.437. The molecule has 0 aliphatic carbocycles. The Morgan fingerprint density at radius 1 is 1.37 bits per heavy atom. The Kier molecular flexibility index (Phi) is 7.55. The van der Waals surface area contributed by atoms with Crippen molar-refractivity contribution in [1.82, 2.24) is 0 Å². The molecule has 0 fully saturated rings. The third-order valence-electron chi connectivity index (χ3n) is 3.39. The minimum absolute atomic E-state index is 0.0325. The van der Waals surface area contributed by atoms with E-state index in [1.54, 1.807) is 0 Å². The number of rotatable bonds is 8. The summed E-state index contributed by atoms with van der Waals surface area (Å²) in [5, 5.41) is 9.46. The highest BCUT2D eigenvalue weighted by atomic mass is 35.5. The van der Waals surface area contributed by atoms with Crippen LogP contribution in [0.2, 0.25) is 5.02 Å². The number of nitrogens with zero attached hydrogens (tertiary/aromatic N) is 1. The van der Waals surface area contributed by atoms with Crippen LogP contribution in [0.1, 0.15) is 51.2 Å². The molecule has 0 aliphatic rings. The number of nitriles is 1. The summed E-state index contributed by atoms with van der Waals surface area (Å²) in [6.07, 6.45) is 4.50. The van der Waals surface area contributed by atoms with Gasteiger partial charge in [-0.25, -0.2) is 0 Å². The van der Waals surface area contributed by atoms with Crippen molar-refractivity contribution in [2.75, 3.05) is 6.61 Å². The lowest BCUT2D eigenvalue weighted by Gasteiger charge is -2.26. The largest absolute Gasteiger partial charge is 0.358 e. The van der Waals surface area contributed by atoms with Crippen LogP contribution in [0.5, 0.6) is 0 Å². The van der Waals surface area contributed by atoms with Crippen molar-refractivity contribution in [2.24, 2.45) is 5.92 Å². The van der Waals surface area contributed by atoms with Crippen molar-refractivity contribution < 1.29 is 4.74 Å². The van der Waals surface area contributed by atoms with Crippen molar-refractivity contribution in [3.05, 3.63) is 34.9 Å². The Labute approximate surface area is 121 Å². The summed E-state index contributed by atoms with van der Waals surface area (Å²) < 4.78 is 5.76. The first-order valence-electron chi connectivity index (χ1n) is 6.96. The molecule has 0 unspecified atom stereocenters. The summed E-state index contributed by atoms with van der Waals surface area (Å²) in [7, 11) is 0. The van der Waals surface area contributed by atoms with Gasteiger partial charge >= 0.3 is 0 Å². The molecule has 0 radical (unpaired) electrons. The van der Waals surface area contributed by atoms with E-state index in [-0.39, 0.29) is 12.7 Å². The highest BCUT2D eigenvalue weighted by Gasteiger charge is 2.22. The second-order valence-electron chi connectivity index (χ2n) is 4.76. The van der Waals surface area contributed by atoms with Crippen molar-refractivity contribution in [3.63, 3.8) is 0 Å². The van der Waals surface area contributed by atoms with E-state index < -0.39 is 0 Å². The number of benzene rings is 1. The Bertz CT molecular complexity index is 413. The highest BCUT2D eigenvalue weighted by molar-refractivity contribution is 6.30. The van der Waals surface area contributed by atoms with Crippen molar-refractivity contribution in [3.8, 4) is 6.07 Å². The average molecular weight is 280 g/mol. The van der Waals surface area contributed by atoms with Crippen molar-refractivity contribution in [1.29, 1.82) is 5.26 Å². The SMILES string of the molecule is CCCC[C@H](CC)[C@@H](OCC#N)c1cccc(Cl)c1. The first kappa shape index (κ1) is 16.0. The number of hydrogen-bond donors (Lipinski definition) is 0. The van der Waals surface area contributed by atoms with Crippen LogP contribution in [-0.4, -0.2) is 6.61 Å². The van der Waals surface area contributed by atoms with E-state index in [1.807, 2.05) is 24.3 Å². The minimum Gasteiger partial charge on any atom is -0.358 e. The van der Waals surface area contributed by atoms with Gasteiger partial charge in [0.2, 0.25) is 0 Å². The van der Waals surface area contributed by atoms with Crippen molar-refractivity contribution in [2.45, 2.75) is 45.6 Å². The minimum atomic E-state index is -0.0325. The van der Waals surface area contributed by atoms with Gasteiger partial charge in [0.15, 0.2) is 0 Å². The second kappa shape index (κ2) is 8.96. The molecule has 1 rings (SSSR count). The Morgan fingerprint density at radius 2 is 2.16 bits per heavy atom. The molecule has 0 spiro atoms. The molecule has 19 heavy (non-hydrogen) atoms. The average Bonchev–Trinajstić information content (AvgIpc) is 2.42. The maximum absolute atomic E-state index is 8.75. The van der Waals surface area contributed by atoms with E-state index in [0.29, 0.717) is 10.9 Å². The van der Waals surface area contributed by atoms with E-state index in [9.17, 15) is 0 Å². The molecular formula is C16H22ClNO. The zero-order chi connectivity index (χ0) is 14.1. The van der Waals surface area contributed by atoms with Crippen LogP contribution >= 0.6 is 11.6 Å². The highest BCUT2D eigenvalue weighted by Crippen LogP contribution is 2.33. The Balaban J connectivity index is 2.88. The maximum atomic E-state index is 8.75. The summed E-state index contributed by atoms with van der Waals surface area (Å²) in [5.41, 5.74) is 1.07. The molecule has 0 aromatic heterocycles. The van der Waals surface area contributed by atoms with E-state index >= 15 is 0 Å². The second-order valence-corrected chi connectivity index (χ2v) is 5.19. The number of hydrogen-bond acceptors (Lipinski definition) is 2. The molecular weight excluding hydrogens is 258 g/mol. The summed E-state index contributed by atoms with van der Waals surface area (Å²) in [6, 6.07) is 9.83. The van der Waals surface area contributed by atoms with Crippen LogP contribution in [0.15, 0.2) is 24.3 Å². The zero-order valence-corrected chi connectivity index (χ0v) is 12.5. The van der Waals surface area contributed by atoms with Crippen LogP contribution in [0, 0.1) is 17.2 Å². The molecule has 0 heterocycles. The van der Waals surface area contributed by atoms with Crippen LogP contribution < -0.4 is 0 Å². The third kappa shape index (κ3) is 5.22. The van der Waals surface area contributed by atoms with E-state index in [4.69, 9.17) is 21.6 Å². The lowest BCUT2D eigenvalue weighted by molar-refractivity contribution is 0.0245. The predicted molar refractivity (Wildman–Crippen MR) is 79.1 cm³/mol. The van der Waals surface area contributed by atoms with Gasteiger partial charge in [-0.1, -0.05) is 56.8 Å². The fraction of sp³-hybridized carbons (Fsp3) is 0.562. The van der Waals surface area contributed by atoms with Crippen LogP contribution in [0.4, 0.5) is 0 Å². The van der Waals surface area contributed by atoms with E-state index in [2.05, 4.69) is 19.9 Å². The molecule has 3 heteroatoms. The molecule has 104 valence electrons. The van der Waals surface area contributed by atoms with Gasteiger partial charge in [0.1, 0.15) is 6.61 Å². The van der Waals surface area contributed by atoms with Gasteiger partial charge in [-0.05, 0) is 30.0 Å². The van der Waals surface area contributed by atoms with Gasteiger partial charge in [-0.3, -0.25) is 0 Å². The van der Waals surface area contributed by atoms with Crippen LogP contribution in [0.25, 0.3) is 0 Å². The predicted octanol–water partition coefficient (Wildman–Crippen LogP) is 5.14. The normalized spacial score (nSPS) is 13.8. The summed E-state index contributed by atoms with van der Waals surface area (Å²) in [4.78, 5) is 0. The van der Waals surface area contributed by atoms with Gasteiger partial charge in [0, 0.05) is 5.02 Å². The molecule has 0 aliphatic heterocycles. The molecule has 0 N–H and O–H groups in total. The summed E-state index contributed by atoms with van der Waals surface area (Å²) >= 11 is 6.05. The Morgan fingerprint density at radius 3 is 2.74 bits per heavy atom. The van der Waals surface area contributed by atoms with Gasteiger partial charge in [-0.2, -0.15) is 5.26 Å². The fourth-order valence-electron chi connectivity index (χ4n) is 2.35. The third-order valence-corrected chi connectivity index (χ3v) is 3.62. The molecule has 0 saturated heterocycles. The Hall–Kier alpha value is -1.04. The lowest BCUT2D eigenvalue weighted by atomic mass is 9.89. The van der Waals surface area contributed by atoms with E-state index in [0.717, 1.165) is 18.4 Å². The molecule has 2 nitrogen and oxygen atoms in total. The van der Waals surface area contributed by atoms with Gasteiger partial charge < -0.3 is 4.74 Å². The molecule has 0 bridgehead atoms. The van der Waals surface area contributed by atoms with Crippen LogP contribution in [-0.2, 0) is 4.74 Å². The number of halogens is 1. The molecule has 1 aromatic rings. The fourth-order valence-corrected chi connectivity index (χ4v) is 2.55. The molecule has 0 amide bonds. The van der Waals surface area contributed by atoms with Gasteiger partial charge in [-0.15, -0.1) is 0 Å². The smallest absolute Gasteiger partial charge is 0.134 e. The number of unbranched alkanes of at least 4 members (excludes halogenated alkanes) is 1. The monoisotopic (exact) mass is 279 g/mol.